The number of ether oxygens (including phenoxy) is 4. The number of fused-ring (bicyclic) bond motifs is 1. The molecule has 0 spiro atoms. The number of nitrogens with one attached hydrogen (secondary N) is 1. The Bertz CT molecular complexity index is 1580. The average molecular weight is 680 g/mol. The van der Waals surface area contributed by atoms with E-state index in [1.165, 1.54) is 0 Å². The monoisotopic (exact) mass is 678 g/mol. The van der Waals surface area contributed by atoms with E-state index in [0.29, 0.717) is 55.4 Å². The normalized spacial score (nSPS) is 15.0. The van der Waals surface area contributed by atoms with Crippen LogP contribution in [0, 0.1) is 0 Å². The third kappa shape index (κ3) is 6.75. The number of benzene rings is 3. The minimum atomic E-state index is -0.574. The van der Waals surface area contributed by atoms with Crippen LogP contribution in [0.4, 0.5) is 10.5 Å². The Kier molecular flexibility index (Phi) is 8.98. The lowest BCUT2D eigenvalue weighted by atomic mass is 10.1. The van der Waals surface area contributed by atoms with Crippen molar-refractivity contribution in [2.45, 2.75) is 13.5 Å². The van der Waals surface area contributed by atoms with Gasteiger partial charge >= 0.3 is 0 Å². The van der Waals surface area contributed by atoms with Crippen molar-refractivity contribution in [3.63, 3.8) is 0 Å². The average Bonchev–Trinajstić information content (AvgIpc) is 3.50. The predicted molar refractivity (Wildman–Crippen MR) is 160 cm³/mol. The molecule has 2 heterocycles. The molecule has 0 unspecified atom stereocenters. The summed E-state index contributed by atoms with van der Waals surface area (Å²) in [6, 6.07) is 13.6. The van der Waals surface area contributed by atoms with Crippen molar-refractivity contribution < 1.29 is 33.3 Å². The van der Waals surface area contributed by atoms with Crippen LogP contribution in [0.1, 0.15) is 18.1 Å². The Balaban J connectivity index is 1.28. The molecule has 0 atom stereocenters. The molecule has 3 aromatic rings. The number of hydrogen-bond acceptors (Lipinski definition) is 8. The second-order valence-electron chi connectivity index (χ2n) is 8.68. The number of halogens is 3. The highest BCUT2D eigenvalue weighted by molar-refractivity contribution is 9.10. The molecule has 1 fully saturated rings. The molecule has 13 heteroatoms. The zero-order valence-electron chi connectivity index (χ0n) is 21.4. The molecular weight excluding hydrogens is 659 g/mol. The van der Waals surface area contributed by atoms with Crippen molar-refractivity contribution in [1.29, 1.82) is 0 Å². The van der Waals surface area contributed by atoms with Crippen molar-refractivity contribution in [2.75, 3.05) is 25.3 Å². The summed E-state index contributed by atoms with van der Waals surface area (Å²) in [4.78, 5) is 39.3. The number of carbonyl (C=O) groups is 3. The molecule has 1 N–H and O–H groups in total. The number of anilines is 1. The number of imide groups is 1. The van der Waals surface area contributed by atoms with E-state index >= 15 is 0 Å². The Hall–Kier alpha value is -3.38. The van der Waals surface area contributed by atoms with Crippen LogP contribution in [0.3, 0.4) is 0 Å². The number of thioether (sulfide) groups is 1. The fourth-order valence-electron chi connectivity index (χ4n) is 3.97. The lowest BCUT2D eigenvalue weighted by molar-refractivity contribution is -0.127. The zero-order valence-corrected chi connectivity index (χ0v) is 25.3. The molecule has 0 aliphatic carbocycles. The largest absolute Gasteiger partial charge is 0.490 e. The summed E-state index contributed by atoms with van der Waals surface area (Å²) in [6.45, 7) is 2.08. The van der Waals surface area contributed by atoms with Crippen LogP contribution in [0.2, 0.25) is 10.0 Å². The quantitative estimate of drug-likeness (QED) is 0.238. The first kappa shape index (κ1) is 29.1. The molecule has 1 saturated heterocycles. The molecule has 2 aliphatic rings. The molecule has 0 radical (unpaired) electrons. The van der Waals surface area contributed by atoms with E-state index in [9.17, 15) is 14.4 Å². The van der Waals surface area contributed by atoms with E-state index in [1.54, 1.807) is 48.5 Å². The number of hydrogen-bond donors (Lipinski definition) is 1. The highest BCUT2D eigenvalue weighted by atomic mass is 79.9. The third-order valence-electron chi connectivity index (χ3n) is 5.83. The SMILES string of the molecule is CCOc1cc(/C=C2/SC(=O)N(CC(=O)Nc3ccc4c(c3)OCO4)C2=O)cc(Br)c1OCc1ccc(Cl)c(Cl)c1. The predicted octanol–water partition coefficient (Wildman–Crippen LogP) is 7.14. The van der Waals surface area contributed by atoms with Crippen LogP contribution in [0.15, 0.2) is 57.9 Å². The van der Waals surface area contributed by atoms with Gasteiger partial charge in [0.15, 0.2) is 23.0 Å². The standard InChI is InChI=1S/C28H21BrCl2N2O7S/c1-2-37-23-9-16(7-18(29)26(23)38-13-15-3-5-19(30)20(31)8-15)10-24-27(35)33(28(36)41-24)12-25(34)32-17-4-6-21-22(11-17)40-14-39-21/h3-11H,2,12-14H2,1H3,(H,32,34)/b24-10+. The number of carbonyl (C=O) groups excluding carboxylic acids is 3. The summed E-state index contributed by atoms with van der Waals surface area (Å²) < 4.78 is 22.9. The van der Waals surface area contributed by atoms with Crippen LogP contribution in [0.25, 0.3) is 6.08 Å². The summed E-state index contributed by atoms with van der Waals surface area (Å²) in [5.41, 5.74) is 1.86. The van der Waals surface area contributed by atoms with Gasteiger partial charge in [-0.25, -0.2) is 0 Å². The van der Waals surface area contributed by atoms with E-state index in [4.69, 9.17) is 42.1 Å². The van der Waals surface area contributed by atoms with Crippen molar-refractivity contribution >= 4 is 79.7 Å². The fraction of sp³-hybridized carbons (Fsp3) is 0.179. The maximum atomic E-state index is 13.0. The minimum absolute atomic E-state index is 0.104. The molecule has 5 rings (SSSR count). The maximum Gasteiger partial charge on any atom is 0.294 e. The topological polar surface area (TPSA) is 103 Å². The van der Waals surface area contributed by atoms with Crippen molar-refractivity contribution in [3.05, 3.63) is 79.1 Å². The molecule has 0 aromatic heterocycles. The van der Waals surface area contributed by atoms with E-state index in [-0.39, 0.29) is 18.3 Å². The van der Waals surface area contributed by atoms with Gasteiger partial charge in [0.25, 0.3) is 11.1 Å². The first-order valence-corrected chi connectivity index (χ1v) is 14.6. The Morgan fingerprint density at radius 3 is 2.66 bits per heavy atom. The molecule has 9 nitrogen and oxygen atoms in total. The van der Waals surface area contributed by atoms with Gasteiger partial charge in [0, 0.05) is 11.8 Å². The van der Waals surface area contributed by atoms with Gasteiger partial charge in [-0.3, -0.25) is 19.3 Å². The summed E-state index contributed by atoms with van der Waals surface area (Å²) in [7, 11) is 0. The van der Waals surface area contributed by atoms with Gasteiger partial charge in [0.1, 0.15) is 13.2 Å². The van der Waals surface area contributed by atoms with Crippen LogP contribution >= 0.6 is 50.9 Å². The van der Waals surface area contributed by atoms with Crippen molar-refractivity contribution in [3.8, 4) is 23.0 Å². The second kappa shape index (κ2) is 12.6. The van der Waals surface area contributed by atoms with Gasteiger partial charge in [-0.15, -0.1) is 0 Å². The van der Waals surface area contributed by atoms with Gasteiger partial charge in [-0.2, -0.15) is 0 Å². The summed E-state index contributed by atoms with van der Waals surface area (Å²) >= 11 is 16.4. The van der Waals surface area contributed by atoms with Gasteiger partial charge in [-0.05, 0) is 88.2 Å². The van der Waals surface area contributed by atoms with Crippen molar-refractivity contribution in [2.24, 2.45) is 0 Å². The Morgan fingerprint density at radius 1 is 1.07 bits per heavy atom. The zero-order chi connectivity index (χ0) is 29.1. The van der Waals surface area contributed by atoms with Crippen LogP contribution < -0.4 is 24.3 Å². The fourth-order valence-corrected chi connectivity index (χ4v) is 5.70. The Morgan fingerprint density at radius 2 is 1.88 bits per heavy atom. The third-order valence-corrected chi connectivity index (χ3v) is 8.06. The highest BCUT2D eigenvalue weighted by Crippen LogP contribution is 2.40. The highest BCUT2D eigenvalue weighted by Gasteiger charge is 2.36. The maximum absolute atomic E-state index is 13.0. The van der Waals surface area contributed by atoms with Crippen LogP contribution in [-0.4, -0.2) is 41.9 Å². The number of rotatable bonds is 9. The summed E-state index contributed by atoms with van der Waals surface area (Å²) in [6.07, 6.45) is 1.57. The van der Waals surface area contributed by atoms with Gasteiger partial charge in [0.05, 0.1) is 26.0 Å². The summed E-state index contributed by atoms with van der Waals surface area (Å²) in [5, 5.41) is 2.99. The van der Waals surface area contributed by atoms with Crippen LogP contribution in [0.5, 0.6) is 23.0 Å². The molecule has 212 valence electrons. The van der Waals surface area contributed by atoms with E-state index in [2.05, 4.69) is 21.2 Å². The second-order valence-corrected chi connectivity index (χ2v) is 11.3. The molecule has 0 saturated carbocycles. The van der Waals surface area contributed by atoms with E-state index in [1.807, 2.05) is 13.0 Å². The number of amides is 3. The van der Waals surface area contributed by atoms with E-state index in [0.717, 1.165) is 22.2 Å². The van der Waals surface area contributed by atoms with Gasteiger partial charge < -0.3 is 24.3 Å². The number of nitrogens with zero attached hydrogens (tertiary/aromatic N) is 1. The van der Waals surface area contributed by atoms with Gasteiger partial charge in [0.2, 0.25) is 12.7 Å². The first-order valence-electron chi connectivity index (χ1n) is 12.2. The van der Waals surface area contributed by atoms with Gasteiger partial charge in [-0.1, -0.05) is 29.3 Å². The molecule has 3 amide bonds. The molecule has 2 aliphatic heterocycles. The van der Waals surface area contributed by atoms with Crippen LogP contribution in [-0.2, 0) is 16.2 Å². The molecule has 0 bridgehead atoms. The van der Waals surface area contributed by atoms with E-state index < -0.39 is 23.6 Å². The van der Waals surface area contributed by atoms with Crippen molar-refractivity contribution in [1.82, 2.24) is 4.90 Å². The molecule has 3 aromatic carbocycles. The summed E-state index contributed by atoms with van der Waals surface area (Å²) in [5.74, 6) is 0.871. The first-order chi connectivity index (χ1) is 19.7. The minimum Gasteiger partial charge on any atom is -0.490 e. The molecule has 41 heavy (non-hydrogen) atoms. The smallest absolute Gasteiger partial charge is 0.294 e. The lowest BCUT2D eigenvalue weighted by Crippen LogP contribution is -2.36. The molecular formula is C28H21BrCl2N2O7S. The lowest BCUT2D eigenvalue weighted by Gasteiger charge is -2.15. The Labute approximate surface area is 257 Å².